The molecule has 2 rings (SSSR count). The molecule has 2 aromatic rings. The second-order valence-corrected chi connectivity index (χ2v) is 4.69. The quantitative estimate of drug-likeness (QED) is 0.740. The van der Waals surface area contributed by atoms with Crippen LogP contribution in [0.15, 0.2) is 36.4 Å². The summed E-state index contributed by atoms with van der Waals surface area (Å²) in [6.07, 6.45) is -0.535. The van der Waals surface area contributed by atoms with Crippen LogP contribution in [0.3, 0.4) is 0 Å². The summed E-state index contributed by atoms with van der Waals surface area (Å²) in [5.41, 5.74) is 0.702. The number of hydrogen-bond donors (Lipinski definition) is 3. The van der Waals surface area contributed by atoms with Crippen molar-refractivity contribution in [2.75, 3.05) is 0 Å². The van der Waals surface area contributed by atoms with Crippen molar-refractivity contribution < 1.29 is 24.6 Å². The molecule has 1 unspecified atom stereocenters. The minimum Gasteiger partial charge on any atom is -0.481 e. The van der Waals surface area contributed by atoms with Crippen molar-refractivity contribution in [2.45, 2.75) is 18.9 Å². The van der Waals surface area contributed by atoms with Crippen molar-refractivity contribution in [2.24, 2.45) is 0 Å². The minimum absolute atomic E-state index is 0.0836. The lowest BCUT2D eigenvalue weighted by atomic mass is 10.1. The first kappa shape index (κ1) is 15.4. The van der Waals surface area contributed by atoms with E-state index in [1.54, 1.807) is 18.2 Å². The maximum Gasteiger partial charge on any atom is 0.326 e. The monoisotopic (exact) mass is 302 g/mol. The molecule has 0 saturated heterocycles. The number of hydrogen-bond acceptors (Lipinski definition) is 4. The van der Waals surface area contributed by atoms with Crippen molar-refractivity contribution in [3.05, 3.63) is 42.1 Å². The zero-order chi connectivity index (χ0) is 16.1. The first-order valence-corrected chi connectivity index (χ1v) is 6.58. The largest absolute Gasteiger partial charge is 0.481 e. The van der Waals surface area contributed by atoms with Gasteiger partial charge in [0.05, 0.1) is 5.52 Å². The summed E-state index contributed by atoms with van der Waals surface area (Å²) >= 11 is 0. The van der Waals surface area contributed by atoms with Crippen LogP contribution in [0.1, 0.15) is 23.3 Å². The minimum atomic E-state index is -1.28. The molecule has 1 amide bonds. The lowest BCUT2D eigenvalue weighted by molar-refractivity contribution is -0.140. The average Bonchev–Trinajstić information content (AvgIpc) is 2.50. The van der Waals surface area contributed by atoms with Gasteiger partial charge >= 0.3 is 11.9 Å². The van der Waals surface area contributed by atoms with Crippen LogP contribution in [0, 0.1) is 0 Å². The molecule has 0 aliphatic carbocycles. The van der Waals surface area contributed by atoms with Gasteiger partial charge in [0.25, 0.3) is 5.91 Å². The number of aliphatic carboxylic acids is 2. The third kappa shape index (κ3) is 3.78. The van der Waals surface area contributed by atoms with E-state index in [0.717, 1.165) is 5.39 Å². The number of para-hydroxylation sites is 1. The first-order valence-electron chi connectivity index (χ1n) is 6.58. The molecule has 0 aliphatic heterocycles. The summed E-state index contributed by atoms with van der Waals surface area (Å²) in [5, 5.41) is 20.8. The summed E-state index contributed by atoms with van der Waals surface area (Å²) in [6.45, 7) is 0. The van der Waals surface area contributed by atoms with E-state index in [1.807, 2.05) is 12.1 Å². The zero-order valence-corrected chi connectivity index (χ0v) is 11.5. The fraction of sp³-hybridized carbons (Fsp3) is 0.200. The van der Waals surface area contributed by atoms with Crippen LogP contribution in [-0.2, 0) is 9.59 Å². The number of rotatable bonds is 6. The van der Waals surface area contributed by atoms with E-state index in [4.69, 9.17) is 10.2 Å². The number of amides is 1. The molecule has 7 nitrogen and oxygen atoms in total. The smallest absolute Gasteiger partial charge is 0.326 e. The summed E-state index contributed by atoms with van der Waals surface area (Å²) < 4.78 is 0. The maximum absolute atomic E-state index is 12.1. The van der Waals surface area contributed by atoms with Gasteiger partial charge in [-0.05, 0) is 18.6 Å². The van der Waals surface area contributed by atoms with E-state index in [-0.39, 0.29) is 18.5 Å². The number of nitrogens with one attached hydrogen (secondary N) is 1. The second-order valence-electron chi connectivity index (χ2n) is 4.69. The highest BCUT2D eigenvalue weighted by Crippen LogP contribution is 2.12. The number of fused-ring (bicyclic) bond motifs is 1. The molecule has 0 bridgehead atoms. The highest BCUT2D eigenvalue weighted by atomic mass is 16.4. The van der Waals surface area contributed by atoms with E-state index in [2.05, 4.69) is 10.3 Å². The molecule has 0 radical (unpaired) electrons. The highest BCUT2D eigenvalue weighted by molar-refractivity contribution is 5.97. The van der Waals surface area contributed by atoms with Gasteiger partial charge in [-0.3, -0.25) is 9.59 Å². The van der Waals surface area contributed by atoms with E-state index in [9.17, 15) is 14.4 Å². The molecule has 1 aromatic carbocycles. The third-order valence-corrected chi connectivity index (χ3v) is 3.08. The molecule has 7 heteroatoms. The predicted molar refractivity (Wildman–Crippen MR) is 77.5 cm³/mol. The fourth-order valence-corrected chi connectivity index (χ4v) is 1.95. The Morgan fingerprint density at radius 2 is 1.82 bits per heavy atom. The highest BCUT2D eigenvalue weighted by Gasteiger charge is 2.22. The molecule has 0 spiro atoms. The van der Waals surface area contributed by atoms with Gasteiger partial charge in [0.1, 0.15) is 11.7 Å². The van der Waals surface area contributed by atoms with Gasteiger partial charge in [0.2, 0.25) is 0 Å². The molecular formula is C15H14N2O5. The van der Waals surface area contributed by atoms with Gasteiger partial charge in [0, 0.05) is 11.8 Å². The predicted octanol–water partition coefficient (Wildman–Crippen LogP) is 1.28. The third-order valence-electron chi connectivity index (χ3n) is 3.08. The number of carboxylic acid groups (broad SMARTS) is 2. The molecule has 114 valence electrons. The average molecular weight is 302 g/mol. The molecule has 0 aliphatic rings. The Morgan fingerprint density at radius 1 is 1.09 bits per heavy atom. The summed E-state index contributed by atoms with van der Waals surface area (Å²) in [7, 11) is 0. The van der Waals surface area contributed by atoms with Crippen LogP contribution < -0.4 is 5.32 Å². The molecule has 3 N–H and O–H groups in total. The van der Waals surface area contributed by atoms with Crippen LogP contribution in [0.25, 0.3) is 10.9 Å². The van der Waals surface area contributed by atoms with Gasteiger partial charge in [-0.25, -0.2) is 9.78 Å². The summed E-state index contributed by atoms with van der Waals surface area (Å²) in [4.78, 5) is 37.8. The van der Waals surface area contributed by atoms with Crippen molar-refractivity contribution in [1.29, 1.82) is 0 Å². The fourth-order valence-electron chi connectivity index (χ4n) is 1.95. The van der Waals surface area contributed by atoms with Crippen molar-refractivity contribution in [3.63, 3.8) is 0 Å². The Morgan fingerprint density at radius 3 is 2.50 bits per heavy atom. The molecule has 1 aromatic heterocycles. The van der Waals surface area contributed by atoms with Crippen LogP contribution in [-0.4, -0.2) is 39.1 Å². The van der Waals surface area contributed by atoms with E-state index in [0.29, 0.717) is 5.52 Å². The first-order chi connectivity index (χ1) is 10.5. The van der Waals surface area contributed by atoms with Gasteiger partial charge in [-0.2, -0.15) is 0 Å². The topological polar surface area (TPSA) is 117 Å². The van der Waals surface area contributed by atoms with Gasteiger partial charge in [-0.15, -0.1) is 0 Å². The molecule has 1 atom stereocenters. The summed E-state index contributed by atoms with van der Waals surface area (Å²) in [5.74, 6) is -3.05. The zero-order valence-electron chi connectivity index (χ0n) is 11.5. The molecule has 0 fully saturated rings. The van der Waals surface area contributed by atoms with Gasteiger partial charge in [0.15, 0.2) is 0 Å². The van der Waals surface area contributed by atoms with Gasteiger partial charge in [-0.1, -0.05) is 24.3 Å². The number of carbonyl (C=O) groups excluding carboxylic acids is 1. The van der Waals surface area contributed by atoms with Crippen molar-refractivity contribution >= 4 is 28.7 Å². The Kier molecular flexibility index (Phi) is 4.67. The number of carboxylic acids is 2. The van der Waals surface area contributed by atoms with Crippen LogP contribution in [0.2, 0.25) is 0 Å². The Hall–Kier alpha value is -2.96. The Labute approximate surface area is 125 Å². The molecule has 0 saturated carbocycles. The number of carbonyl (C=O) groups is 3. The van der Waals surface area contributed by atoms with Crippen molar-refractivity contribution in [1.82, 2.24) is 10.3 Å². The van der Waals surface area contributed by atoms with Crippen LogP contribution in [0.4, 0.5) is 0 Å². The number of benzene rings is 1. The Bertz CT molecular complexity index is 729. The molecule has 22 heavy (non-hydrogen) atoms. The SMILES string of the molecule is O=C(O)CCC(NC(=O)c1ccc2ccccc2n1)C(=O)O. The molecule has 1 heterocycles. The number of pyridine rings is 1. The normalized spacial score (nSPS) is 11.8. The van der Waals surface area contributed by atoms with E-state index in [1.165, 1.54) is 6.07 Å². The van der Waals surface area contributed by atoms with Crippen LogP contribution in [0.5, 0.6) is 0 Å². The lowest BCUT2D eigenvalue weighted by Crippen LogP contribution is -2.41. The summed E-state index contributed by atoms with van der Waals surface area (Å²) in [6, 6.07) is 9.15. The Balaban J connectivity index is 2.14. The van der Waals surface area contributed by atoms with Crippen LogP contribution >= 0.6 is 0 Å². The standard InChI is InChI=1S/C15H14N2O5/c18-13(19)8-7-12(15(21)22)17-14(20)11-6-5-9-3-1-2-4-10(9)16-11/h1-6,12H,7-8H2,(H,17,20)(H,18,19)(H,21,22). The van der Waals surface area contributed by atoms with E-state index >= 15 is 0 Å². The number of aromatic nitrogens is 1. The van der Waals surface area contributed by atoms with Gasteiger partial charge < -0.3 is 15.5 Å². The second kappa shape index (κ2) is 6.66. The van der Waals surface area contributed by atoms with Crippen molar-refractivity contribution in [3.8, 4) is 0 Å². The number of nitrogens with zero attached hydrogens (tertiary/aromatic N) is 1. The van der Waals surface area contributed by atoms with E-state index < -0.39 is 23.9 Å². The molecular weight excluding hydrogens is 288 g/mol. The lowest BCUT2D eigenvalue weighted by Gasteiger charge is -2.13. The maximum atomic E-state index is 12.1.